The summed E-state index contributed by atoms with van der Waals surface area (Å²) in [7, 11) is 0. The molecule has 1 aromatic carbocycles. The largest absolute Gasteiger partial charge is 0.293 e. The first-order chi connectivity index (χ1) is 10.1. The number of rotatable bonds is 4. The van der Waals surface area contributed by atoms with Crippen LogP contribution in [0.25, 0.3) is 10.9 Å². The van der Waals surface area contributed by atoms with Gasteiger partial charge < -0.3 is 0 Å². The molecule has 4 nitrogen and oxygen atoms in total. The quantitative estimate of drug-likeness (QED) is 0.690. The van der Waals surface area contributed by atoms with Crippen LogP contribution in [-0.4, -0.2) is 20.4 Å². The van der Waals surface area contributed by atoms with E-state index in [1.807, 2.05) is 50.2 Å². The molecule has 106 valence electrons. The van der Waals surface area contributed by atoms with E-state index >= 15 is 0 Å². The van der Waals surface area contributed by atoms with Crippen LogP contribution >= 0.6 is 11.5 Å². The summed E-state index contributed by atoms with van der Waals surface area (Å²) >= 11 is 1.17. The molecule has 21 heavy (non-hydrogen) atoms. The molecular formula is C16H15N3OS. The number of benzene rings is 1. The molecule has 0 unspecified atom stereocenters. The van der Waals surface area contributed by atoms with Crippen LogP contribution in [0.3, 0.4) is 0 Å². The summed E-state index contributed by atoms with van der Waals surface area (Å²) in [5, 5.41) is 5.14. The number of hydrogen-bond donors (Lipinski definition) is 0. The Balaban J connectivity index is 1.87. The number of hydrogen-bond acceptors (Lipinski definition) is 5. The highest BCUT2D eigenvalue weighted by Gasteiger charge is 2.19. The van der Waals surface area contributed by atoms with Crippen molar-refractivity contribution < 1.29 is 4.79 Å². The van der Waals surface area contributed by atoms with Crippen molar-refractivity contribution in [1.82, 2.24) is 14.6 Å². The van der Waals surface area contributed by atoms with Gasteiger partial charge in [-0.2, -0.15) is 0 Å². The predicted octanol–water partition coefficient (Wildman–Crippen LogP) is 3.64. The fourth-order valence-corrected chi connectivity index (χ4v) is 2.97. The third kappa shape index (κ3) is 2.83. The van der Waals surface area contributed by atoms with Crippen LogP contribution in [-0.2, 0) is 6.42 Å². The molecule has 2 aromatic heterocycles. The average molecular weight is 297 g/mol. The number of ketones is 1. The van der Waals surface area contributed by atoms with Crippen molar-refractivity contribution in [2.24, 2.45) is 0 Å². The lowest BCUT2D eigenvalue weighted by Gasteiger charge is -2.04. The maximum Gasteiger partial charge on any atom is 0.182 e. The van der Waals surface area contributed by atoms with E-state index in [9.17, 15) is 4.79 Å². The van der Waals surface area contributed by atoms with Crippen molar-refractivity contribution in [2.75, 3.05) is 0 Å². The van der Waals surface area contributed by atoms with Crippen molar-refractivity contribution in [3.8, 4) is 0 Å². The maximum absolute atomic E-state index is 12.4. The molecule has 0 aliphatic heterocycles. The third-order valence-electron chi connectivity index (χ3n) is 3.31. The topological polar surface area (TPSA) is 55.7 Å². The fourth-order valence-electron chi connectivity index (χ4n) is 2.22. The van der Waals surface area contributed by atoms with Gasteiger partial charge in [-0.3, -0.25) is 9.78 Å². The molecule has 0 fully saturated rings. The molecule has 0 aliphatic carbocycles. The molecule has 0 N–H and O–H groups in total. The van der Waals surface area contributed by atoms with E-state index in [2.05, 4.69) is 14.6 Å². The van der Waals surface area contributed by atoms with Gasteiger partial charge in [0.15, 0.2) is 5.78 Å². The molecule has 0 saturated heterocycles. The van der Waals surface area contributed by atoms with E-state index < -0.39 is 0 Å². The summed E-state index contributed by atoms with van der Waals surface area (Å²) in [5.41, 5.74) is 2.47. The van der Waals surface area contributed by atoms with Gasteiger partial charge in [-0.05, 0) is 29.6 Å². The molecular weight excluding hydrogens is 282 g/mol. The van der Waals surface area contributed by atoms with Gasteiger partial charge in [0.25, 0.3) is 0 Å². The SMILES string of the molecule is CC(C)c1nnsc1C(=O)Cc1ccc2ccccc2n1. The minimum Gasteiger partial charge on any atom is -0.293 e. The van der Waals surface area contributed by atoms with Gasteiger partial charge in [-0.25, -0.2) is 0 Å². The molecule has 5 heteroatoms. The third-order valence-corrected chi connectivity index (χ3v) is 4.09. The highest BCUT2D eigenvalue weighted by Crippen LogP contribution is 2.21. The standard InChI is InChI=1S/C16H15N3OS/c1-10(2)15-16(21-19-18-15)14(20)9-12-8-7-11-5-3-4-6-13(11)17-12/h3-8,10H,9H2,1-2H3. The van der Waals surface area contributed by atoms with Crippen molar-refractivity contribution >= 4 is 28.2 Å². The van der Waals surface area contributed by atoms with Crippen molar-refractivity contribution in [2.45, 2.75) is 26.2 Å². The van der Waals surface area contributed by atoms with E-state index in [0.29, 0.717) is 4.88 Å². The van der Waals surface area contributed by atoms with Gasteiger partial charge in [-0.1, -0.05) is 42.6 Å². The first-order valence-corrected chi connectivity index (χ1v) is 7.62. The second-order valence-corrected chi connectivity index (χ2v) is 5.99. The number of pyridine rings is 1. The Morgan fingerprint density at radius 1 is 1.19 bits per heavy atom. The first-order valence-electron chi connectivity index (χ1n) is 6.85. The summed E-state index contributed by atoms with van der Waals surface area (Å²) in [6.07, 6.45) is 0.286. The Hall–Kier alpha value is -2.14. The van der Waals surface area contributed by atoms with E-state index in [-0.39, 0.29) is 18.1 Å². The molecule has 3 rings (SSSR count). The summed E-state index contributed by atoms with van der Waals surface area (Å²) in [6, 6.07) is 11.8. The zero-order valence-electron chi connectivity index (χ0n) is 11.9. The fraction of sp³-hybridized carbons (Fsp3) is 0.250. The molecule has 0 saturated carbocycles. The van der Waals surface area contributed by atoms with Gasteiger partial charge in [0.1, 0.15) is 4.88 Å². The number of aromatic nitrogens is 3. The molecule has 0 radical (unpaired) electrons. The number of fused-ring (bicyclic) bond motifs is 1. The lowest BCUT2D eigenvalue weighted by Crippen LogP contribution is -2.07. The average Bonchev–Trinajstić information content (AvgIpc) is 2.97. The Morgan fingerprint density at radius 2 is 2.00 bits per heavy atom. The molecule has 0 aliphatic rings. The number of para-hydroxylation sites is 1. The van der Waals surface area contributed by atoms with E-state index in [4.69, 9.17) is 0 Å². The number of carbonyl (C=O) groups excluding carboxylic acids is 1. The minimum absolute atomic E-state index is 0.0384. The van der Waals surface area contributed by atoms with Gasteiger partial charge in [0, 0.05) is 11.1 Å². The maximum atomic E-state index is 12.4. The molecule has 3 aromatic rings. The van der Waals surface area contributed by atoms with Crippen LogP contribution < -0.4 is 0 Å². The predicted molar refractivity (Wildman–Crippen MR) is 83.8 cm³/mol. The van der Waals surface area contributed by atoms with Crippen molar-refractivity contribution in [3.63, 3.8) is 0 Å². The van der Waals surface area contributed by atoms with E-state index in [1.54, 1.807) is 0 Å². The molecule has 0 bridgehead atoms. The van der Waals surface area contributed by atoms with E-state index in [0.717, 1.165) is 22.3 Å². The normalized spacial score (nSPS) is 11.2. The van der Waals surface area contributed by atoms with Crippen LogP contribution in [0.4, 0.5) is 0 Å². The highest BCUT2D eigenvalue weighted by atomic mass is 32.1. The Kier molecular flexibility index (Phi) is 3.75. The summed E-state index contributed by atoms with van der Waals surface area (Å²) in [5.74, 6) is 0.240. The highest BCUT2D eigenvalue weighted by molar-refractivity contribution is 7.08. The Bertz CT molecular complexity index is 795. The zero-order chi connectivity index (χ0) is 14.8. The Labute approximate surface area is 127 Å². The molecule has 0 atom stereocenters. The van der Waals surface area contributed by atoms with Crippen molar-refractivity contribution in [3.05, 3.63) is 52.7 Å². The van der Waals surface area contributed by atoms with Crippen LogP contribution in [0.1, 0.15) is 40.8 Å². The summed E-state index contributed by atoms with van der Waals surface area (Å²) in [4.78, 5) is 17.6. The molecule has 2 heterocycles. The first kappa shape index (κ1) is 13.8. The lowest BCUT2D eigenvalue weighted by atomic mass is 10.1. The number of Topliss-reactive ketones (excluding diaryl/α,β-unsaturated/α-hetero) is 1. The number of nitrogens with zero attached hydrogens (tertiary/aromatic N) is 3. The van der Waals surface area contributed by atoms with Crippen molar-refractivity contribution in [1.29, 1.82) is 0 Å². The molecule has 0 spiro atoms. The van der Waals surface area contributed by atoms with Crippen LogP contribution in [0.15, 0.2) is 36.4 Å². The van der Waals surface area contributed by atoms with Gasteiger partial charge >= 0.3 is 0 Å². The van der Waals surface area contributed by atoms with Gasteiger partial charge in [0.05, 0.1) is 17.6 Å². The van der Waals surface area contributed by atoms with Crippen LogP contribution in [0.5, 0.6) is 0 Å². The van der Waals surface area contributed by atoms with E-state index in [1.165, 1.54) is 11.5 Å². The monoisotopic (exact) mass is 297 g/mol. The zero-order valence-corrected chi connectivity index (χ0v) is 12.7. The van der Waals surface area contributed by atoms with Gasteiger partial charge in [0.2, 0.25) is 0 Å². The number of carbonyl (C=O) groups is 1. The Morgan fingerprint density at radius 3 is 2.81 bits per heavy atom. The summed E-state index contributed by atoms with van der Waals surface area (Å²) in [6.45, 7) is 4.03. The van der Waals surface area contributed by atoms with Gasteiger partial charge in [-0.15, -0.1) is 5.10 Å². The second-order valence-electron chi connectivity index (χ2n) is 5.24. The second kappa shape index (κ2) is 5.69. The summed E-state index contributed by atoms with van der Waals surface area (Å²) < 4.78 is 3.91. The minimum atomic E-state index is 0.0384. The smallest absolute Gasteiger partial charge is 0.182 e. The van der Waals surface area contributed by atoms with Crippen LogP contribution in [0.2, 0.25) is 0 Å². The lowest BCUT2D eigenvalue weighted by molar-refractivity contribution is 0.0994. The molecule has 0 amide bonds. The van der Waals surface area contributed by atoms with Crippen LogP contribution in [0, 0.1) is 0 Å².